The van der Waals surface area contributed by atoms with Crippen LogP contribution in [0.1, 0.15) is 5.56 Å². The molecule has 0 amide bonds. The second kappa shape index (κ2) is 5.13. The van der Waals surface area contributed by atoms with E-state index in [4.69, 9.17) is 5.73 Å². The molecule has 0 atom stereocenters. The van der Waals surface area contributed by atoms with Gasteiger partial charge in [0.25, 0.3) is 5.69 Å². The molecule has 0 saturated heterocycles. The van der Waals surface area contributed by atoms with E-state index in [0.717, 1.165) is 11.3 Å². The van der Waals surface area contributed by atoms with Gasteiger partial charge in [0.05, 0.1) is 22.5 Å². The Morgan fingerprint density at radius 1 is 1.39 bits per heavy atom. The molecule has 1 aromatic heterocycles. The van der Waals surface area contributed by atoms with Crippen LogP contribution in [-0.2, 0) is 6.54 Å². The third-order valence-electron chi connectivity index (χ3n) is 2.46. The second-order valence-electron chi connectivity index (χ2n) is 3.74. The number of nitrogens with two attached hydrogens (primary N) is 1. The molecule has 0 aliphatic carbocycles. The molecule has 0 bridgehead atoms. The summed E-state index contributed by atoms with van der Waals surface area (Å²) in [6, 6.07) is 8.23. The zero-order valence-electron chi connectivity index (χ0n) is 9.54. The number of nitro groups is 1. The number of nitrogen functional groups attached to an aromatic ring is 1. The summed E-state index contributed by atoms with van der Waals surface area (Å²) in [4.78, 5) is 14.1. The maximum atomic E-state index is 10.6. The Labute approximate surface area is 104 Å². The van der Waals surface area contributed by atoms with Crippen molar-refractivity contribution < 1.29 is 4.92 Å². The van der Waals surface area contributed by atoms with Crippen molar-refractivity contribution in [1.29, 1.82) is 0 Å². The van der Waals surface area contributed by atoms with Crippen LogP contribution < -0.4 is 11.1 Å². The molecule has 0 radical (unpaired) electrons. The van der Waals surface area contributed by atoms with E-state index in [-0.39, 0.29) is 5.69 Å². The first kappa shape index (κ1) is 11.8. The number of hydrogen-bond acceptors (Lipinski definition) is 5. The van der Waals surface area contributed by atoms with Crippen molar-refractivity contribution >= 4 is 17.1 Å². The summed E-state index contributed by atoms with van der Waals surface area (Å²) >= 11 is 0. The van der Waals surface area contributed by atoms with Gasteiger partial charge >= 0.3 is 0 Å². The number of benzene rings is 1. The fourth-order valence-electron chi connectivity index (χ4n) is 1.54. The van der Waals surface area contributed by atoms with Crippen LogP contribution in [-0.4, -0.2) is 9.91 Å². The second-order valence-corrected chi connectivity index (χ2v) is 3.74. The minimum Gasteiger partial charge on any atom is -0.396 e. The van der Waals surface area contributed by atoms with E-state index in [2.05, 4.69) is 10.3 Å². The molecule has 2 rings (SSSR count). The number of rotatable bonds is 4. The predicted octanol–water partition coefficient (Wildman–Crippen LogP) is 2.18. The van der Waals surface area contributed by atoms with Crippen LogP contribution in [0.15, 0.2) is 42.7 Å². The number of hydrogen-bond donors (Lipinski definition) is 2. The molecule has 0 aliphatic rings. The molecule has 1 aromatic carbocycles. The summed E-state index contributed by atoms with van der Waals surface area (Å²) in [5.74, 6) is 0. The van der Waals surface area contributed by atoms with Crippen molar-refractivity contribution in [3.05, 3.63) is 58.4 Å². The lowest BCUT2D eigenvalue weighted by Gasteiger charge is -2.08. The number of non-ortho nitro benzene ring substituents is 1. The Morgan fingerprint density at radius 3 is 2.94 bits per heavy atom. The lowest BCUT2D eigenvalue weighted by Crippen LogP contribution is -2.03. The van der Waals surface area contributed by atoms with Crippen molar-refractivity contribution in [3.8, 4) is 0 Å². The van der Waals surface area contributed by atoms with E-state index in [1.165, 1.54) is 12.1 Å². The molecule has 0 unspecified atom stereocenters. The zero-order valence-corrected chi connectivity index (χ0v) is 9.54. The van der Waals surface area contributed by atoms with Crippen molar-refractivity contribution in [3.63, 3.8) is 0 Å². The van der Waals surface area contributed by atoms with Gasteiger partial charge in [0.1, 0.15) is 0 Å². The van der Waals surface area contributed by atoms with Crippen molar-refractivity contribution in [2.45, 2.75) is 6.54 Å². The first-order valence-electron chi connectivity index (χ1n) is 5.33. The van der Waals surface area contributed by atoms with Gasteiger partial charge in [0.15, 0.2) is 0 Å². The minimum atomic E-state index is -0.412. The van der Waals surface area contributed by atoms with Crippen LogP contribution >= 0.6 is 0 Å². The summed E-state index contributed by atoms with van der Waals surface area (Å²) in [6.45, 7) is 0.468. The van der Waals surface area contributed by atoms with Gasteiger partial charge in [-0.2, -0.15) is 0 Å². The monoisotopic (exact) mass is 244 g/mol. The standard InChI is InChI=1S/C12H12N4O2/c13-11-8-14-5-4-12(11)15-7-9-2-1-3-10(6-9)16(17)18/h1-6,8H,7,13H2,(H,14,15). The molecule has 6 nitrogen and oxygen atoms in total. The topological polar surface area (TPSA) is 94.1 Å². The third kappa shape index (κ3) is 2.73. The van der Waals surface area contributed by atoms with Crippen LogP contribution in [0.3, 0.4) is 0 Å². The lowest BCUT2D eigenvalue weighted by atomic mass is 10.2. The van der Waals surface area contributed by atoms with Gasteiger partial charge < -0.3 is 11.1 Å². The van der Waals surface area contributed by atoms with E-state index in [1.54, 1.807) is 24.5 Å². The van der Waals surface area contributed by atoms with E-state index in [1.807, 2.05) is 6.07 Å². The summed E-state index contributed by atoms with van der Waals surface area (Å²) in [6.07, 6.45) is 3.18. The smallest absolute Gasteiger partial charge is 0.269 e. The third-order valence-corrected chi connectivity index (χ3v) is 2.46. The fraction of sp³-hybridized carbons (Fsp3) is 0.0833. The van der Waals surface area contributed by atoms with Crippen LogP contribution in [0.25, 0.3) is 0 Å². The van der Waals surface area contributed by atoms with Crippen LogP contribution in [0.5, 0.6) is 0 Å². The minimum absolute atomic E-state index is 0.0806. The fourth-order valence-corrected chi connectivity index (χ4v) is 1.54. The summed E-state index contributed by atoms with van der Waals surface area (Å²) in [5, 5.41) is 13.7. The molecule has 0 spiro atoms. The van der Waals surface area contributed by atoms with Gasteiger partial charge in [0, 0.05) is 24.9 Å². The van der Waals surface area contributed by atoms with Crippen LogP contribution in [0.4, 0.5) is 17.1 Å². The average Bonchev–Trinajstić information content (AvgIpc) is 2.38. The van der Waals surface area contributed by atoms with E-state index in [0.29, 0.717) is 12.2 Å². The van der Waals surface area contributed by atoms with Crippen molar-refractivity contribution in [1.82, 2.24) is 4.98 Å². The number of pyridine rings is 1. The normalized spacial score (nSPS) is 10.0. The molecular weight excluding hydrogens is 232 g/mol. The van der Waals surface area contributed by atoms with E-state index < -0.39 is 4.92 Å². The van der Waals surface area contributed by atoms with Crippen LogP contribution in [0.2, 0.25) is 0 Å². The van der Waals surface area contributed by atoms with E-state index in [9.17, 15) is 10.1 Å². The molecule has 2 aromatic rings. The van der Waals surface area contributed by atoms with Gasteiger partial charge in [-0.05, 0) is 11.6 Å². The number of nitro benzene ring substituents is 1. The largest absolute Gasteiger partial charge is 0.396 e. The van der Waals surface area contributed by atoms with Crippen molar-refractivity contribution in [2.75, 3.05) is 11.1 Å². The first-order valence-corrected chi connectivity index (χ1v) is 5.33. The number of aromatic nitrogens is 1. The van der Waals surface area contributed by atoms with E-state index >= 15 is 0 Å². The number of nitrogens with one attached hydrogen (secondary N) is 1. The molecule has 6 heteroatoms. The Morgan fingerprint density at radius 2 is 2.22 bits per heavy atom. The highest BCUT2D eigenvalue weighted by Crippen LogP contribution is 2.18. The Balaban J connectivity index is 2.09. The average molecular weight is 244 g/mol. The Hall–Kier alpha value is -2.63. The Bertz CT molecular complexity index is 572. The van der Waals surface area contributed by atoms with Gasteiger partial charge in [0.2, 0.25) is 0 Å². The molecule has 18 heavy (non-hydrogen) atoms. The van der Waals surface area contributed by atoms with Crippen LogP contribution in [0, 0.1) is 10.1 Å². The SMILES string of the molecule is Nc1cnccc1NCc1cccc([N+](=O)[O-])c1. The summed E-state index contributed by atoms with van der Waals surface area (Å²) in [7, 11) is 0. The maximum Gasteiger partial charge on any atom is 0.269 e. The predicted molar refractivity (Wildman–Crippen MR) is 69.1 cm³/mol. The quantitative estimate of drug-likeness (QED) is 0.635. The first-order chi connectivity index (χ1) is 8.66. The van der Waals surface area contributed by atoms with Gasteiger partial charge in [-0.1, -0.05) is 12.1 Å². The molecule has 0 saturated carbocycles. The molecule has 3 N–H and O–H groups in total. The Kier molecular flexibility index (Phi) is 3.38. The molecule has 1 heterocycles. The van der Waals surface area contributed by atoms with Gasteiger partial charge in [-0.25, -0.2) is 0 Å². The van der Waals surface area contributed by atoms with Gasteiger partial charge in [-0.3, -0.25) is 15.1 Å². The maximum absolute atomic E-state index is 10.6. The van der Waals surface area contributed by atoms with Gasteiger partial charge in [-0.15, -0.1) is 0 Å². The van der Waals surface area contributed by atoms with Crippen molar-refractivity contribution in [2.24, 2.45) is 0 Å². The zero-order chi connectivity index (χ0) is 13.0. The highest BCUT2D eigenvalue weighted by atomic mass is 16.6. The highest BCUT2D eigenvalue weighted by Gasteiger charge is 2.05. The molecule has 0 fully saturated rings. The molecule has 92 valence electrons. The number of anilines is 2. The lowest BCUT2D eigenvalue weighted by molar-refractivity contribution is -0.384. The number of nitrogens with zero attached hydrogens (tertiary/aromatic N) is 2. The summed E-state index contributed by atoms with van der Waals surface area (Å²) < 4.78 is 0. The molecular formula is C12H12N4O2. The summed E-state index contributed by atoms with van der Waals surface area (Å²) in [5.41, 5.74) is 7.94. The molecule has 0 aliphatic heterocycles. The highest BCUT2D eigenvalue weighted by molar-refractivity contribution is 5.64.